The molecule has 6 nitrogen and oxygen atoms in total. The van der Waals surface area contributed by atoms with Crippen LogP contribution in [0.4, 0.5) is 0 Å². The van der Waals surface area contributed by atoms with Crippen LogP contribution in [0.2, 0.25) is 0 Å². The second-order valence-electron chi connectivity index (χ2n) is 6.29. The Balaban J connectivity index is 2.01. The molecule has 1 unspecified atom stereocenters. The van der Waals surface area contributed by atoms with E-state index in [1.165, 1.54) is 10.6 Å². The fraction of sp³-hybridized carbons (Fsp3) is 0.923. The molecular weight excluding hydrogens is 280 g/mol. The fourth-order valence-corrected chi connectivity index (χ4v) is 4.13. The Bertz CT molecular complexity index is 467. The lowest BCUT2D eigenvalue weighted by Crippen LogP contribution is -2.53. The first kappa shape index (κ1) is 15.7. The van der Waals surface area contributed by atoms with Crippen molar-refractivity contribution >= 4 is 15.9 Å². The highest BCUT2D eigenvalue weighted by molar-refractivity contribution is 7.88. The smallest absolute Gasteiger partial charge is 0.222 e. The van der Waals surface area contributed by atoms with Crippen molar-refractivity contribution < 1.29 is 18.3 Å². The summed E-state index contributed by atoms with van der Waals surface area (Å²) < 4.78 is 24.6. The molecule has 0 saturated carbocycles. The van der Waals surface area contributed by atoms with Crippen molar-refractivity contribution in [2.45, 2.75) is 38.7 Å². The molecule has 0 aromatic carbocycles. The zero-order valence-corrected chi connectivity index (χ0v) is 13.0. The summed E-state index contributed by atoms with van der Waals surface area (Å²) in [5.74, 6) is 0.0991. The van der Waals surface area contributed by atoms with E-state index in [1.807, 2.05) is 0 Å². The molecule has 0 bridgehead atoms. The minimum Gasteiger partial charge on any atom is -0.392 e. The van der Waals surface area contributed by atoms with Gasteiger partial charge in [-0.15, -0.1) is 0 Å². The van der Waals surface area contributed by atoms with Crippen LogP contribution in [0.5, 0.6) is 0 Å². The molecule has 2 saturated heterocycles. The third-order valence-electron chi connectivity index (χ3n) is 4.48. The Hall–Kier alpha value is -0.660. The van der Waals surface area contributed by atoms with Crippen molar-refractivity contribution in [3.63, 3.8) is 0 Å². The van der Waals surface area contributed by atoms with E-state index in [2.05, 4.69) is 0 Å². The van der Waals surface area contributed by atoms with E-state index in [0.29, 0.717) is 32.6 Å². The molecule has 1 spiro atoms. The van der Waals surface area contributed by atoms with Crippen LogP contribution in [0, 0.1) is 5.41 Å². The van der Waals surface area contributed by atoms with Gasteiger partial charge in [-0.2, -0.15) is 0 Å². The molecule has 0 radical (unpaired) electrons. The summed E-state index contributed by atoms with van der Waals surface area (Å²) in [4.78, 5) is 13.6. The number of amides is 1. The summed E-state index contributed by atoms with van der Waals surface area (Å²) in [7, 11) is -3.11. The van der Waals surface area contributed by atoms with Gasteiger partial charge < -0.3 is 10.0 Å². The summed E-state index contributed by atoms with van der Waals surface area (Å²) in [5.41, 5.74) is 0.0317. The van der Waals surface area contributed by atoms with Crippen molar-refractivity contribution in [2.75, 3.05) is 32.4 Å². The van der Waals surface area contributed by atoms with E-state index in [0.717, 1.165) is 19.3 Å². The Morgan fingerprint density at radius 2 is 1.90 bits per heavy atom. The Morgan fingerprint density at radius 1 is 1.30 bits per heavy atom. The maximum Gasteiger partial charge on any atom is 0.222 e. The lowest BCUT2D eigenvalue weighted by molar-refractivity contribution is -0.140. The van der Waals surface area contributed by atoms with E-state index >= 15 is 0 Å². The quantitative estimate of drug-likeness (QED) is 0.798. The molecule has 20 heavy (non-hydrogen) atoms. The van der Waals surface area contributed by atoms with Crippen molar-refractivity contribution in [3.8, 4) is 0 Å². The van der Waals surface area contributed by atoms with Gasteiger partial charge in [0.15, 0.2) is 0 Å². The number of likely N-dealkylation sites (tertiary alicyclic amines) is 1. The van der Waals surface area contributed by atoms with Crippen molar-refractivity contribution in [1.82, 2.24) is 9.21 Å². The predicted octanol–water partition coefficient (Wildman–Crippen LogP) is 0.0314. The number of hydrogen-bond donors (Lipinski definition) is 1. The highest BCUT2D eigenvalue weighted by Crippen LogP contribution is 2.40. The zero-order valence-electron chi connectivity index (χ0n) is 12.2. The Kier molecular flexibility index (Phi) is 4.41. The standard InChI is InChI=1S/C13H24N2O4S/c1-11(16)9-14-10-13(4-3-12(14)17)5-7-15(8-6-13)20(2,18)19/h11,16H,3-10H2,1-2H3. The summed E-state index contributed by atoms with van der Waals surface area (Å²) in [6.45, 7) is 3.77. The minimum absolute atomic E-state index is 0.0317. The molecule has 116 valence electrons. The number of nitrogens with zero attached hydrogens (tertiary/aromatic N) is 2. The maximum absolute atomic E-state index is 11.9. The zero-order chi connectivity index (χ0) is 15.0. The van der Waals surface area contributed by atoms with Crippen LogP contribution in [-0.2, 0) is 14.8 Å². The van der Waals surface area contributed by atoms with E-state index in [-0.39, 0.29) is 11.3 Å². The molecule has 0 aromatic heterocycles. The summed E-state index contributed by atoms with van der Waals surface area (Å²) in [5, 5.41) is 9.48. The highest BCUT2D eigenvalue weighted by atomic mass is 32.2. The maximum atomic E-state index is 11.9. The number of carbonyl (C=O) groups excluding carboxylic acids is 1. The third kappa shape index (κ3) is 3.51. The first-order valence-electron chi connectivity index (χ1n) is 7.13. The summed E-state index contributed by atoms with van der Waals surface area (Å²) in [6, 6.07) is 0. The van der Waals surface area contributed by atoms with E-state index in [9.17, 15) is 18.3 Å². The van der Waals surface area contributed by atoms with Crippen LogP contribution >= 0.6 is 0 Å². The van der Waals surface area contributed by atoms with Gasteiger partial charge in [0.25, 0.3) is 0 Å². The number of aliphatic hydroxyl groups excluding tert-OH is 1. The molecule has 1 amide bonds. The molecule has 0 aliphatic carbocycles. The molecular formula is C13H24N2O4S. The van der Waals surface area contributed by atoms with Gasteiger partial charge in [0.05, 0.1) is 12.4 Å². The lowest BCUT2D eigenvalue weighted by Gasteiger charge is -2.47. The number of carbonyl (C=O) groups is 1. The number of aliphatic hydroxyl groups is 1. The van der Waals surface area contributed by atoms with Gasteiger partial charge >= 0.3 is 0 Å². The molecule has 2 rings (SSSR count). The molecule has 1 N–H and O–H groups in total. The van der Waals surface area contributed by atoms with Crippen molar-refractivity contribution in [2.24, 2.45) is 5.41 Å². The van der Waals surface area contributed by atoms with Gasteiger partial charge in [0.1, 0.15) is 0 Å². The van der Waals surface area contributed by atoms with Crippen molar-refractivity contribution in [3.05, 3.63) is 0 Å². The normalized spacial score (nSPS) is 25.9. The average Bonchev–Trinajstić information content (AvgIpc) is 2.33. The molecule has 2 aliphatic rings. The number of hydrogen-bond acceptors (Lipinski definition) is 4. The fourth-order valence-electron chi connectivity index (χ4n) is 3.29. The summed E-state index contributed by atoms with van der Waals surface area (Å²) >= 11 is 0. The molecule has 2 fully saturated rings. The third-order valence-corrected chi connectivity index (χ3v) is 5.79. The second-order valence-corrected chi connectivity index (χ2v) is 8.27. The van der Waals surface area contributed by atoms with E-state index < -0.39 is 16.1 Å². The van der Waals surface area contributed by atoms with Gasteiger partial charge in [0, 0.05) is 32.6 Å². The van der Waals surface area contributed by atoms with Crippen LogP contribution in [-0.4, -0.2) is 67.2 Å². The van der Waals surface area contributed by atoms with Crippen molar-refractivity contribution in [1.29, 1.82) is 0 Å². The average molecular weight is 304 g/mol. The summed E-state index contributed by atoms with van der Waals surface area (Å²) in [6.07, 6.45) is 3.65. The van der Waals surface area contributed by atoms with Gasteiger partial charge in [-0.3, -0.25) is 4.79 Å². The van der Waals surface area contributed by atoms with E-state index in [1.54, 1.807) is 11.8 Å². The van der Waals surface area contributed by atoms with Gasteiger partial charge in [-0.05, 0) is 31.6 Å². The lowest BCUT2D eigenvalue weighted by atomic mass is 9.72. The monoisotopic (exact) mass is 304 g/mol. The predicted molar refractivity (Wildman–Crippen MR) is 75.6 cm³/mol. The van der Waals surface area contributed by atoms with Crippen LogP contribution in [0.25, 0.3) is 0 Å². The van der Waals surface area contributed by atoms with Gasteiger partial charge in [-0.1, -0.05) is 0 Å². The first-order chi connectivity index (χ1) is 9.22. The second kappa shape index (κ2) is 5.61. The van der Waals surface area contributed by atoms with Crippen LogP contribution < -0.4 is 0 Å². The van der Waals surface area contributed by atoms with Gasteiger partial charge in [0.2, 0.25) is 15.9 Å². The number of β-amino-alcohol motifs (C(OH)–C–C–N with tert-alkyl or cyclic N) is 1. The SMILES string of the molecule is CC(O)CN1CC2(CCC1=O)CCN(S(C)(=O)=O)CC2. The first-order valence-corrected chi connectivity index (χ1v) is 8.98. The molecule has 0 aromatic rings. The minimum atomic E-state index is -3.11. The van der Waals surface area contributed by atoms with Gasteiger partial charge in [-0.25, -0.2) is 12.7 Å². The Morgan fingerprint density at radius 3 is 2.40 bits per heavy atom. The van der Waals surface area contributed by atoms with Crippen LogP contribution in [0.3, 0.4) is 0 Å². The topological polar surface area (TPSA) is 77.9 Å². The van der Waals surface area contributed by atoms with Crippen LogP contribution in [0.1, 0.15) is 32.6 Å². The number of rotatable bonds is 3. The molecule has 2 heterocycles. The highest BCUT2D eigenvalue weighted by Gasteiger charge is 2.42. The molecule has 1 atom stereocenters. The van der Waals surface area contributed by atoms with E-state index in [4.69, 9.17) is 0 Å². The number of sulfonamides is 1. The van der Waals surface area contributed by atoms with Crippen LogP contribution in [0.15, 0.2) is 0 Å². The molecule has 7 heteroatoms. The molecule has 2 aliphatic heterocycles. The largest absolute Gasteiger partial charge is 0.392 e. The Labute approximate surface area is 120 Å². The number of piperidine rings is 2.